The van der Waals surface area contributed by atoms with Crippen LogP contribution in [0.25, 0.3) is 0 Å². The highest BCUT2D eigenvalue weighted by Gasteiger charge is 2.66. The molecule has 0 heterocycles. The quantitative estimate of drug-likeness (QED) is 0.721. The molecule has 0 aromatic rings. The molecule has 4 aliphatic rings. The highest BCUT2D eigenvalue weighted by Crippen LogP contribution is 2.71. The van der Waals surface area contributed by atoms with Crippen LogP contribution in [0.2, 0.25) is 0 Å². The topological polar surface area (TPSA) is 40.5 Å². The van der Waals surface area contributed by atoms with Crippen molar-refractivity contribution in [2.24, 2.45) is 34.0 Å². The zero-order valence-corrected chi connectivity index (χ0v) is 14.3. The summed E-state index contributed by atoms with van der Waals surface area (Å²) < 4.78 is 0. The van der Waals surface area contributed by atoms with E-state index in [9.17, 15) is 10.2 Å². The average molecular weight is 304 g/mol. The molecule has 2 N–H and O–H groups in total. The Morgan fingerprint density at radius 3 is 2.59 bits per heavy atom. The van der Waals surface area contributed by atoms with Gasteiger partial charge in [0.2, 0.25) is 0 Å². The van der Waals surface area contributed by atoms with Gasteiger partial charge in [0.05, 0.1) is 6.10 Å². The van der Waals surface area contributed by atoms with Crippen molar-refractivity contribution in [3.05, 3.63) is 12.2 Å². The highest BCUT2D eigenvalue weighted by atomic mass is 16.3. The fourth-order valence-electron chi connectivity index (χ4n) is 7.68. The number of fused-ring (bicyclic) bond motifs is 3. The van der Waals surface area contributed by atoms with Gasteiger partial charge in [-0.25, -0.2) is 0 Å². The minimum atomic E-state index is -0.273. The van der Waals surface area contributed by atoms with Crippen LogP contribution in [0.4, 0.5) is 0 Å². The first-order chi connectivity index (χ1) is 10.4. The summed E-state index contributed by atoms with van der Waals surface area (Å²) in [6.07, 6.45) is 9.39. The first kappa shape index (κ1) is 15.2. The van der Waals surface area contributed by atoms with Crippen LogP contribution in [0, 0.1) is 34.0 Å². The lowest BCUT2D eigenvalue weighted by atomic mass is 9.41. The van der Waals surface area contributed by atoms with E-state index in [0.29, 0.717) is 29.8 Å². The maximum Gasteiger partial charge on any atom is 0.0809 e. The Bertz CT molecular complexity index is 500. The largest absolute Gasteiger partial charge is 0.396 e. The lowest BCUT2D eigenvalue weighted by Crippen LogP contribution is -2.59. The Morgan fingerprint density at radius 2 is 1.86 bits per heavy atom. The highest BCUT2D eigenvalue weighted by molar-refractivity contribution is 5.27. The molecule has 0 aliphatic heterocycles. The molecule has 124 valence electrons. The van der Waals surface area contributed by atoms with Gasteiger partial charge >= 0.3 is 0 Å². The van der Waals surface area contributed by atoms with Crippen molar-refractivity contribution < 1.29 is 10.2 Å². The predicted molar refractivity (Wildman–Crippen MR) is 88.3 cm³/mol. The Balaban J connectivity index is 1.76. The van der Waals surface area contributed by atoms with Crippen LogP contribution in [0.1, 0.15) is 65.2 Å². The fraction of sp³-hybridized carbons (Fsp3) is 0.900. The first-order valence-electron chi connectivity index (χ1n) is 9.35. The molecule has 0 aromatic heterocycles. The van der Waals surface area contributed by atoms with Crippen LogP contribution in [0.15, 0.2) is 12.2 Å². The van der Waals surface area contributed by atoms with Gasteiger partial charge in [0.15, 0.2) is 0 Å². The van der Waals surface area contributed by atoms with Crippen LogP contribution in [-0.2, 0) is 0 Å². The van der Waals surface area contributed by atoms with Crippen molar-refractivity contribution in [2.45, 2.75) is 71.3 Å². The summed E-state index contributed by atoms with van der Waals surface area (Å²) >= 11 is 0. The normalized spacial score (nSPS) is 57.4. The van der Waals surface area contributed by atoms with Crippen LogP contribution in [0.3, 0.4) is 0 Å². The van der Waals surface area contributed by atoms with E-state index in [1.807, 2.05) is 0 Å². The Kier molecular flexibility index (Phi) is 3.18. The standard InChI is InChI=1S/C20H32O2/c1-13-14-5-6-16-19(3)9-4-8-18(2,12-21)15(19)7-10-20(16,11-14)17(13)22/h14-17,21-22H,1,4-12H2,2-3H3/t14-,15+,16-,17+,18+,19+,20-/m0/s1. The van der Waals surface area contributed by atoms with Gasteiger partial charge in [-0.05, 0) is 79.1 Å². The van der Waals surface area contributed by atoms with Gasteiger partial charge in [0.25, 0.3) is 0 Å². The molecule has 4 aliphatic carbocycles. The van der Waals surface area contributed by atoms with Gasteiger partial charge in [-0.2, -0.15) is 0 Å². The lowest BCUT2D eigenvalue weighted by molar-refractivity contribution is -0.178. The van der Waals surface area contributed by atoms with Crippen LogP contribution in [-0.4, -0.2) is 22.9 Å². The van der Waals surface area contributed by atoms with E-state index in [-0.39, 0.29) is 16.9 Å². The monoisotopic (exact) mass is 304 g/mol. The summed E-state index contributed by atoms with van der Waals surface area (Å²) in [6, 6.07) is 0. The van der Waals surface area contributed by atoms with Crippen molar-refractivity contribution in [1.82, 2.24) is 0 Å². The maximum atomic E-state index is 11.0. The second kappa shape index (κ2) is 4.60. The van der Waals surface area contributed by atoms with Gasteiger partial charge in [-0.15, -0.1) is 0 Å². The molecule has 7 atom stereocenters. The predicted octanol–water partition coefficient (Wildman–Crippen LogP) is 3.92. The van der Waals surface area contributed by atoms with E-state index in [2.05, 4.69) is 20.4 Å². The molecule has 0 amide bonds. The van der Waals surface area contributed by atoms with Crippen LogP contribution < -0.4 is 0 Å². The molecule has 1 spiro atoms. The summed E-state index contributed by atoms with van der Waals surface area (Å²) in [5, 5.41) is 21.1. The number of aliphatic hydroxyl groups is 2. The number of hydrogen-bond acceptors (Lipinski definition) is 2. The molecular formula is C20H32O2. The van der Waals surface area contributed by atoms with E-state index in [1.54, 1.807) is 0 Å². The van der Waals surface area contributed by atoms with Crippen LogP contribution >= 0.6 is 0 Å². The summed E-state index contributed by atoms with van der Waals surface area (Å²) in [6.45, 7) is 9.37. The number of aliphatic hydroxyl groups excluding tert-OH is 2. The minimum Gasteiger partial charge on any atom is -0.396 e. The molecule has 4 fully saturated rings. The number of hydrogen-bond donors (Lipinski definition) is 2. The summed E-state index contributed by atoms with van der Waals surface area (Å²) in [5.41, 5.74) is 1.63. The van der Waals surface area contributed by atoms with Crippen molar-refractivity contribution >= 4 is 0 Å². The second-order valence-corrected chi connectivity index (χ2v) is 9.50. The van der Waals surface area contributed by atoms with Gasteiger partial charge in [0.1, 0.15) is 0 Å². The van der Waals surface area contributed by atoms with Crippen molar-refractivity contribution in [3.8, 4) is 0 Å². The lowest BCUT2D eigenvalue weighted by Gasteiger charge is -2.64. The first-order valence-corrected chi connectivity index (χ1v) is 9.35. The SMILES string of the molecule is C=C1[C@H]2CC[C@H]3[C@]4(C)CCC[C@](C)(CO)[C@H]4CC[C@@]3(C2)[C@@H]1O. The molecule has 0 radical (unpaired) electrons. The summed E-state index contributed by atoms with van der Waals surface area (Å²) in [7, 11) is 0. The van der Waals surface area contributed by atoms with Gasteiger partial charge in [-0.1, -0.05) is 26.8 Å². The fourth-order valence-corrected chi connectivity index (χ4v) is 7.68. The van der Waals surface area contributed by atoms with Gasteiger partial charge < -0.3 is 10.2 Å². The van der Waals surface area contributed by atoms with Crippen molar-refractivity contribution in [2.75, 3.05) is 6.61 Å². The Hall–Kier alpha value is -0.340. The van der Waals surface area contributed by atoms with Crippen molar-refractivity contribution in [1.29, 1.82) is 0 Å². The van der Waals surface area contributed by atoms with Gasteiger partial charge in [0, 0.05) is 12.0 Å². The third kappa shape index (κ3) is 1.64. The van der Waals surface area contributed by atoms with Crippen molar-refractivity contribution in [3.63, 3.8) is 0 Å². The Morgan fingerprint density at radius 1 is 1.09 bits per heavy atom. The van der Waals surface area contributed by atoms with E-state index in [0.717, 1.165) is 12.0 Å². The van der Waals surface area contributed by atoms with E-state index < -0.39 is 0 Å². The molecule has 0 unspecified atom stereocenters. The molecule has 2 heteroatoms. The molecule has 4 rings (SSSR count). The number of rotatable bonds is 1. The maximum absolute atomic E-state index is 11.0. The third-order valence-electron chi connectivity index (χ3n) is 8.70. The second-order valence-electron chi connectivity index (χ2n) is 9.50. The molecule has 2 bridgehead atoms. The molecule has 4 saturated carbocycles. The Labute approximate surface area is 135 Å². The molecule has 22 heavy (non-hydrogen) atoms. The zero-order valence-electron chi connectivity index (χ0n) is 14.3. The molecule has 0 aromatic carbocycles. The van der Waals surface area contributed by atoms with E-state index >= 15 is 0 Å². The van der Waals surface area contributed by atoms with E-state index in [4.69, 9.17) is 0 Å². The molecular weight excluding hydrogens is 272 g/mol. The van der Waals surface area contributed by atoms with Gasteiger partial charge in [-0.3, -0.25) is 0 Å². The summed E-state index contributed by atoms with van der Waals surface area (Å²) in [5.74, 6) is 1.81. The smallest absolute Gasteiger partial charge is 0.0809 e. The molecule has 0 saturated heterocycles. The van der Waals surface area contributed by atoms with Crippen LogP contribution in [0.5, 0.6) is 0 Å². The average Bonchev–Trinajstić information content (AvgIpc) is 2.68. The minimum absolute atomic E-state index is 0.0893. The van der Waals surface area contributed by atoms with E-state index in [1.165, 1.54) is 44.9 Å². The third-order valence-corrected chi connectivity index (χ3v) is 8.70. The zero-order chi connectivity index (χ0) is 15.8. The molecule has 2 nitrogen and oxygen atoms in total. The summed E-state index contributed by atoms with van der Waals surface area (Å²) in [4.78, 5) is 0.